The first-order valence-electron chi connectivity index (χ1n) is 2.94. The second-order valence-corrected chi connectivity index (χ2v) is 2.86. The molecule has 0 bridgehead atoms. The Morgan fingerprint density at radius 2 is 2.78 bits per heavy atom. The van der Waals surface area contributed by atoms with Crippen molar-refractivity contribution < 1.29 is 4.74 Å². The zero-order chi connectivity index (χ0) is 6.10. The van der Waals surface area contributed by atoms with Crippen LogP contribution >= 0.6 is 11.3 Å². The summed E-state index contributed by atoms with van der Waals surface area (Å²) in [6.45, 7) is 0.928. The number of ether oxygens (including phenoxy) is 1. The van der Waals surface area contributed by atoms with E-state index in [4.69, 9.17) is 4.74 Å². The van der Waals surface area contributed by atoms with Crippen LogP contribution in [-0.4, -0.2) is 17.7 Å². The van der Waals surface area contributed by atoms with E-state index in [2.05, 4.69) is 10.4 Å². The molecule has 0 spiro atoms. The molecule has 0 amide bonds. The van der Waals surface area contributed by atoms with E-state index in [-0.39, 0.29) is 0 Å². The van der Waals surface area contributed by atoms with Gasteiger partial charge in [-0.1, -0.05) is 0 Å². The van der Waals surface area contributed by atoms with Gasteiger partial charge in [-0.25, -0.2) is 4.98 Å². The number of nitrogens with zero attached hydrogens (tertiary/aromatic N) is 1. The Balaban J connectivity index is 1.99. The highest BCUT2D eigenvalue weighted by Gasteiger charge is 2.22. The normalized spacial score (nSPS) is 24.2. The first-order chi connectivity index (χ1) is 4.45. The van der Waals surface area contributed by atoms with Crippen molar-refractivity contribution in [1.29, 1.82) is 0 Å². The van der Waals surface area contributed by atoms with Crippen molar-refractivity contribution in [2.45, 2.75) is 12.5 Å². The molecule has 0 saturated carbocycles. The maximum Gasteiger partial charge on any atom is 0.0865 e. The first-order valence-corrected chi connectivity index (χ1v) is 3.88. The smallest absolute Gasteiger partial charge is 0.0865 e. The van der Waals surface area contributed by atoms with Gasteiger partial charge >= 0.3 is 0 Å². The highest BCUT2D eigenvalue weighted by atomic mass is 32.1. The molecule has 3 heteroatoms. The molecule has 0 N–H and O–H groups in total. The third-order valence-corrected chi connectivity index (χ3v) is 1.96. The fraction of sp³-hybridized carbons (Fsp3) is 0.500. The van der Waals surface area contributed by atoms with Crippen molar-refractivity contribution in [3.63, 3.8) is 0 Å². The van der Waals surface area contributed by atoms with Gasteiger partial charge in [-0.3, -0.25) is 0 Å². The maximum absolute atomic E-state index is 5.05. The molecule has 1 atom stereocenters. The molecule has 0 aromatic carbocycles. The van der Waals surface area contributed by atoms with Crippen LogP contribution in [0, 0.1) is 0 Å². The van der Waals surface area contributed by atoms with Crippen LogP contribution in [0.5, 0.6) is 0 Å². The molecular formula is C6H7NOS. The third-order valence-electron chi connectivity index (χ3n) is 1.32. The van der Waals surface area contributed by atoms with Gasteiger partial charge < -0.3 is 4.74 Å². The summed E-state index contributed by atoms with van der Waals surface area (Å²) in [7, 11) is 0. The summed E-state index contributed by atoms with van der Waals surface area (Å²) in [5, 5.41) is 2.07. The van der Waals surface area contributed by atoms with Gasteiger partial charge in [-0.05, 0) is 0 Å². The van der Waals surface area contributed by atoms with E-state index < -0.39 is 0 Å². The molecule has 1 unspecified atom stereocenters. The van der Waals surface area contributed by atoms with Gasteiger partial charge in [0.2, 0.25) is 0 Å². The number of rotatable bonds is 2. The molecule has 1 aromatic rings. The van der Waals surface area contributed by atoms with E-state index in [1.54, 1.807) is 11.3 Å². The average molecular weight is 141 g/mol. The van der Waals surface area contributed by atoms with Crippen LogP contribution < -0.4 is 0 Å². The van der Waals surface area contributed by atoms with E-state index in [1.807, 2.05) is 5.51 Å². The van der Waals surface area contributed by atoms with Gasteiger partial charge in [0.05, 0.1) is 23.9 Å². The largest absolute Gasteiger partial charge is 0.373 e. The number of hydrogen-bond donors (Lipinski definition) is 0. The Hall–Kier alpha value is -0.410. The second-order valence-electron chi connectivity index (χ2n) is 2.14. The molecule has 0 aliphatic carbocycles. The van der Waals surface area contributed by atoms with Crippen molar-refractivity contribution in [2.24, 2.45) is 0 Å². The summed E-state index contributed by atoms with van der Waals surface area (Å²) in [5.41, 5.74) is 3.03. The van der Waals surface area contributed by atoms with Gasteiger partial charge in [-0.2, -0.15) is 0 Å². The lowest BCUT2D eigenvalue weighted by molar-refractivity contribution is 0.406. The minimum Gasteiger partial charge on any atom is -0.373 e. The number of hydrogen-bond acceptors (Lipinski definition) is 3. The molecular weight excluding hydrogens is 134 g/mol. The number of aromatic nitrogens is 1. The van der Waals surface area contributed by atoms with Gasteiger partial charge in [0, 0.05) is 11.8 Å². The Bertz CT molecular complexity index is 181. The lowest BCUT2D eigenvalue weighted by Gasteiger charge is -1.84. The highest BCUT2D eigenvalue weighted by Crippen LogP contribution is 2.15. The standard InChI is InChI=1S/C6H7NOS/c1(6-2-8-6)5-3-9-4-7-5/h3-4,6H,1-2H2. The summed E-state index contributed by atoms with van der Waals surface area (Å²) < 4.78 is 5.05. The van der Waals surface area contributed by atoms with E-state index in [0.29, 0.717) is 6.10 Å². The minimum absolute atomic E-state index is 0.479. The lowest BCUT2D eigenvalue weighted by Crippen LogP contribution is -1.91. The molecule has 1 saturated heterocycles. The van der Waals surface area contributed by atoms with Gasteiger partial charge in [-0.15, -0.1) is 11.3 Å². The third kappa shape index (κ3) is 1.28. The molecule has 0 radical (unpaired) electrons. The number of epoxide rings is 1. The summed E-state index contributed by atoms with van der Waals surface area (Å²) in [6, 6.07) is 0. The van der Waals surface area contributed by atoms with E-state index in [0.717, 1.165) is 13.0 Å². The molecule has 9 heavy (non-hydrogen) atoms. The molecule has 2 rings (SSSR count). The van der Waals surface area contributed by atoms with Crippen molar-refractivity contribution in [3.8, 4) is 0 Å². The first kappa shape index (κ1) is 5.38. The predicted octanol–water partition coefficient (Wildman–Crippen LogP) is 1.08. The molecule has 1 aliphatic heterocycles. The van der Waals surface area contributed by atoms with Crippen LogP contribution in [0.1, 0.15) is 5.69 Å². The van der Waals surface area contributed by atoms with Gasteiger partial charge in [0.15, 0.2) is 0 Å². The van der Waals surface area contributed by atoms with Crippen LogP contribution in [0.15, 0.2) is 10.9 Å². The zero-order valence-corrected chi connectivity index (χ0v) is 5.73. The minimum atomic E-state index is 0.479. The van der Waals surface area contributed by atoms with Gasteiger partial charge in [0.1, 0.15) is 0 Å². The van der Waals surface area contributed by atoms with E-state index in [1.165, 1.54) is 5.69 Å². The Labute approximate surface area is 57.5 Å². The van der Waals surface area contributed by atoms with Crippen LogP contribution in [-0.2, 0) is 11.2 Å². The highest BCUT2D eigenvalue weighted by molar-refractivity contribution is 7.07. The monoisotopic (exact) mass is 141 g/mol. The van der Waals surface area contributed by atoms with Crippen LogP contribution in [0.25, 0.3) is 0 Å². The fourth-order valence-electron chi connectivity index (χ4n) is 0.757. The Kier molecular flexibility index (Phi) is 1.24. The zero-order valence-electron chi connectivity index (χ0n) is 4.91. The molecule has 2 nitrogen and oxygen atoms in total. The molecule has 48 valence electrons. The summed E-state index contributed by atoms with van der Waals surface area (Å²) in [6.07, 6.45) is 1.48. The molecule has 1 fully saturated rings. The topological polar surface area (TPSA) is 25.4 Å². The SMILES string of the molecule is c1nc(CC2CO2)cs1. The van der Waals surface area contributed by atoms with Crippen molar-refractivity contribution in [2.75, 3.05) is 6.61 Å². The van der Waals surface area contributed by atoms with Crippen molar-refractivity contribution in [3.05, 3.63) is 16.6 Å². The Morgan fingerprint density at radius 3 is 3.33 bits per heavy atom. The Morgan fingerprint density at radius 1 is 1.89 bits per heavy atom. The maximum atomic E-state index is 5.05. The van der Waals surface area contributed by atoms with Gasteiger partial charge in [0.25, 0.3) is 0 Å². The van der Waals surface area contributed by atoms with Crippen LogP contribution in [0.2, 0.25) is 0 Å². The number of thiazole rings is 1. The average Bonchev–Trinajstić information content (AvgIpc) is 2.46. The van der Waals surface area contributed by atoms with Crippen LogP contribution in [0.3, 0.4) is 0 Å². The molecule has 1 aliphatic rings. The molecule has 1 aromatic heterocycles. The summed E-state index contributed by atoms with van der Waals surface area (Å²) in [5.74, 6) is 0. The molecule has 2 heterocycles. The van der Waals surface area contributed by atoms with E-state index in [9.17, 15) is 0 Å². The summed E-state index contributed by atoms with van der Waals surface area (Å²) in [4.78, 5) is 4.13. The fourth-order valence-corrected chi connectivity index (χ4v) is 1.33. The lowest BCUT2D eigenvalue weighted by atomic mass is 10.3. The predicted molar refractivity (Wildman–Crippen MR) is 35.6 cm³/mol. The van der Waals surface area contributed by atoms with E-state index >= 15 is 0 Å². The summed E-state index contributed by atoms with van der Waals surface area (Å²) >= 11 is 1.64. The second kappa shape index (κ2) is 2.08. The van der Waals surface area contributed by atoms with Crippen molar-refractivity contribution in [1.82, 2.24) is 4.98 Å². The van der Waals surface area contributed by atoms with Crippen molar-refractivity contribution >= 4 is 11.3 Å². The quantitative estimate of drug-likeness (QED) is 0.576. The van der Waals surface area contributed by atoms with Crippen LogP contribution in [0.4, 0.5) is 0 Å².